The monoisotopic (exact) mass is 246 g/mol. The summed E-state index contributed by atoms with van der Waals surface area (Å²) in [6.45, 7) is 4.09. The minimum atomic E-state index is 0.675. The van der Waals surface area contributed by atoms with Gasteiger partial charge >= 0.3 is 0 Å². The summed E-state index contributed by atoms with van der Waals surface area (Å²) in [7, 11) is 2.15. The Kier molecular flexibility index (Phi) is 2.83. The Labute approximate surface area is 106 Å². The zero-order chi connectivity index (χ0) is 12.5. The molecule has 1 aliphatic rings. The van der Waals surface area contributed by atoms with E-state index in [0.717, 1.165) is 43.7 Å². The van der Waals surface area contributed by atoms with Crippen molar-refractivity contribution in [2.24, 2.45) is 0 Å². The smallest absolute Gasteiger partial charge is 0.298 e. The molecule has 1 saturated heterocycles. The molecule has 1 aromatic heterocycles. The number of aromatic nitrogens is 1. The van der Waals surface area contributed by atoms with Crippen molar-refractivity contribution in [3.63, 3.8) is 0 Å². The van der Waals surface area contributed by atoms with Crippen molar-refractivity contribution < 1.29 is 4.42 Å². The number of fused-ring (bicyclic) bond motifs is 1. The molecule has 0 saturated carbocycles. The van der Waals surface area contributed by atoms with Crippen molar-refractivity contribution in [1.82, 2.24) is 9.88 Å². The minimum absolute atomic E-state index is 0.675. The number of nitrogens with zero attached hydrogens (tertiary/aromatic N) is 3. The van der Waals surface area contributed by atoms with E-state index in [1.165, 1.54) is 0 Å². The number of oxazole rings is 1. The van der Waals surface area contributed by atoms with Crippen LogP contribution in [0.15, 0.2) is 22.6 Å². The van der Waals surface area contributed by atoms with Crippen molar-refractivity contribution in [2.75, 3.05) is 43.9 Å². The van der Waals surface area contributed by atoms with E-state index in [1.807, 2.05) is 18.2 Å². The highest BCUT2D eigenvalue weighted by Crippen LogP contribution is 2.26. The normalized spacial score (nSPS) is 18.2. The summed E-state index contributed by atoms with van der Waals surface area (Å²) in [6, 6.07) is 6.35. The van der Waals surface area contributed by atoms with Crippen molar-refractivity contribution in [3.8, 4) is 0 Å². The highest BCUT2D eigenvalue weighted by Gasteiger charge is 2.18. The van der Waals surface area contributed by atoms with Gasteiger partial charge in [-0.3, -0.25) is 0 Å². The number of nitrogens with two attached hydrogens (primary N) is 1. The number of nitrogen functional groups attached to an aromatic ring is 1. The standard InChI is InChI=1S/C13H18N4O/c1-16-6-3-7-17(9-8-16)13-15-12-10(14)4-2-5-11(12)18-13/h2,4-5H,3,6-9,14H2,1H3. The first-order valence-corrected chi connectivity index (χ1v) is 6.32. The van der Waals surface area contributed by atoms with Crippen LogP contribution in [0.2, 0.25) is 0 Å². The lowest BCUT2D eigenvalue weighted by Gasteiger charge is -2.17. The van der Waals surface area contributed by atoms with E-state index in [4.69, 9.17) is 10.2 Å². The molecule has 2 heterocycles. The van der Waals surface area contributed by atoms with Gasteiger partial charge in [-0.2, -0.15) is 4.98 Å². The van der Waals surface area contributed by atoms with E-state index in [1.54, 1.807) is 0 Å². The van der Waals surface area contributed by atoms with Gasteiger partial charge in [0.1, 0.15) is 5.52 Å². The average Bonchev–Trinajstić information content (AvgIpc) is 2.67. The molecule has 2 aromatic rings. The van der Waals surface area contributed by atoms with Gasteiger partial charge in [0, 0.05) is 19.6 Å². The first-order valence-electron chi connectivity index (χ1n) is 6.32. The van der Waals surface area contributed by atoms with Crippen LogP contribution in [0.1, 0.15) is 6.42 Å². The van der Waals surface area contributed by atoms with Crippen LogP contribution in [0.5, 0.6) is 0 Å². The molecule has 3 rings (SSSR count). The van der Waals surface area contributed by atoms with Gasteiger partial charge in [-0.05, 0) is 32.1 Å². The summed E-state index contributed by atoms with van der Waals surface area (Å²) in [5.74, 6) is 0. The van der Waals surface area contributed by atoms with Crippen LogP contribution in [0, 0.1) is 0 Å². The van der Waals surface area contributed by atoms with Gasteiger partial charge in [-0.15, -0.1) is 0 Å². The SMILES string of the molecule is CN1CCCN(c2nc3c(N)cccc3o2)CC1. The lowest BCUT2D eigenvalue weighted by Crippen LogP contribution is -2.28. The van der Waals surface area contributed by atoms with Gasteiger partial charge in [-0.25, -0.2) is 0 Å². The Hall–Kier alpha value is -1.75. The third kappa shape index (κ3) is 2.01. The number of hydrogen-bond acceptors (Lipinski definition) is 5. The second-order valence-corrected chi connectivity index (χ2v) is 4.83. The molecule has 5 nitrogen and oxygen atoms in total. The predicted octanol–water partition coefficient (Wildman–Crippen LogP) is 1.55. The van der Waals surface area contributed by atoms with Crippen LogP contribution in [0.3, 0.4) is 0 Å². The fourth-order valence-electron chi connectivity index (χ4n) is 2.33. The van der Waals surface area contributed by atoms with Crippen molar-refractivity contribution in [2.45, 2.75) is 6.42 Å². The molecular weight excluding hydrogens is 228 g/mol. The van der Waals surface area contributed by atoms with E-state index in [9.17, 15) is 0 Å². The third-order valence-corrected chi connectivity index (χ3v) is 3.43. The quantitative estimate of drug-likeness (QED) is 0.774. The van der Waals surface area contributed by atoms with Crippen molar-refractivity contribution in [1.29, 1.82) is 0 Å². The van der Waals surface area contributed by atoms with Gasteiger partial charge in [0.15, 0.2) is 5.58 Å². The molecular formula is C13H18N4O. The molecule has 0 unspecified atom stereocenters. The Morgan fingerprint density at radius 3 is 2.94 bits per heavy atom. The number of anilines is 2. The van der Waals surface area contributed by atoms with Crippen molar-refractivity contribution in [3.05, 3.63) is 18.2 Å². The Bertz CT molecular complexity index is 551. The van der Waals surface area contributed by atoms with Crippen LogP contribution >= 0.6 is 0 Å². The number of likely N-dealkylation sites (N-methyl/N-ethyl adjacent to an activating group) is 1. The molecule has 0 aliphatic carbocycles. The number of benzene rings is 1. The number of hydrogen-bond donors (Lipinski definition) is 1. The fraction of sp³-hybridized carbons (Fsp3) is 0.462. The summed E-state index contributed by atoms with van der Waals surface area (Å²) in [6.07, 6.45) is 1.13. The second-order valence-electron chi connectivity index (χ2n) is 4.83. The van der Waals surface area contributed by atoms with E-state index in [-0.39, 0.29) is 0 Å². The van der Waals surface area contributed by atoms with E-state index in [0.29, 0.717) is 11.7 Å². The minimum Gasteiger partial charge on any atom is -0.423 e. The summed E-state index contributed by atoms with van der Waals surface area (Å²) >= 11 is 0. The molecule has 96 valence electrons. The van der Waals surface area contributed by atoms with E-state index >= 15 is 0 Å². The maximum absolute atomic E-state index is 5.90. The molecule has 5 heteroatoms. The molecule has 1 aliphatic heterocycles. The first-order chi connectivity index (χ1) is 8.74. The zero-order valence-electron chi connectivity index (χ0n) is 10.6. The summed E-state index contributed by atoms with van der Waals surface area (Å²) in [4.78, 5) is 9.05. The van der Waals surface area contributed by atoms with Gasteiger partial charge in [-0.1, -0.05) is 6.07 Å². The summed E-state index contributed by atoms with van der Waals surface area (Å²) in [5, 5.41) is 0. The third-order valence-electron chi connectivity index (χ3n) is 3.43. The molecule has 0 atom stereocenters. The van der Waals surface area contributed by atoms with Crippen LogP contribution in [-0.4, -0.2) is 43.1 Å². The van der Waals surface area contributed by atoms with Gasteiger partial charge in [0.2, 0.25) is 0 Å². The molecule has 0 radical (unpaired) electrons. The number of rotatable bonds is 1. The van der Waals surface area contributed by atoms with Crippen LogP contribution < -0.4 is 10.6 Å². The lowest BCUT2D eigenvalue weighted by atomic mass is 10.3. The predicted molar refractivity (Wildman–Crippen MR) is 72.7 cm³/mol. The van der Waals surface area contributed by atoms with Gasteiger partial charge < -0.3 is 20.0 Å². The number of para-hydroxylation sites is 1. The largest absolute Gasteiger partial charge is 0.423 e. The molecule has 1 aromatic carbocycles. The molecule has 0 amide bonds. The molecule has 18 heavy (non-hydrogen) atoms. The molecule has 2 N–H and O–H groups in total. The first kappa shape index (κ1) is 11.3. The van der Waals surface area contributed by atoms with Crippen LogP contribution in [0.25, 0.3) is 11.1 Å². The topological polar surface area (TPSA) is 58.5 Å². The van der Waals surface area contributed by atoms with Gasteiger partial charge in [0.25, 0.3) is 6.01 Å². The van der Waals surface area contributed by atoms with Crippen molar-refractivity contribution >= 4 is 22.8 Å². The molecule has 0 spiro atoms. The Balaban J connectivity index is 1.91. The lowest BCUT2D eigenvalue weighted by molar-refractivity contribution is 0.359. The average molecular weight is 246 g/mol. The van der Waals surface area contributed by atoms with Gasteiger partial charge in [0.05, 0.1) is 5.69 Å². The Morgan fingerprint density at radius 2 is 2.11 bits per heavy atom. The maximum atomic E-state index is 5.90. The van der Waals surface area contributed by atoms with Crippen LogP contribution in [-0.2, 0) is 0 Å². The highest BCUT2D eigenvalue weighted by molar-refractivity contribution is 5.86. The Morgan fingerprint density at radius 1 is 1.22 bits per heavy atom. The summed E-state index contributed by atoms with van der Waals surface area (Å²) in [5.41, 5.74) is 8.11. The highest BCUT2D eigenvalue weighted by atomic mass is 16.4. The molecule has 1 fully saturated rings. The zero-order valence-corrected chi connectivity index (χ0v) is 10.6. The van der Waals surface area contributed by atoms with E-state index < -0.39 is 0 Å². The summed E-state index contributed by atoms with van der Waals surface area (Å²) < 4.78 is 5.80. The van der Waals surface area contributed by atoms with Crippen LogP contribution in [0.4, 0.5) is 11.7 Å². The fourth-order valence-corrected chi connectivity index (χ4v) is 2.33. The molecule has 0 bridgehead atoms. The van der Waals surface area contributed by atoms with E-state index in [2.05, 4.69) is 21.8 Å². The second kappa shape index (κ2) is 4.49. The maximum Gasteiger partial charge on any atom is 0.298 e.